The highest BCUT2D eigenvalue weighted by atomic mass is 35.5. The first-order valence-electron chi connectivity index (χ1n) is 8.00. The number of nitrogens with zero attached hydrogens (tertiary/aromatic N) is 1. The van der Waals surface area contributed by atoms with Gasteiger partial charge in [-0.1, -0.05) is 6.42 Å². The van der Waals surface area contributed by atoms with Gasteiger partial charge in [0, 0.05) is 25.7 Å². The van der Waals surface area contributed by atoms with E-state index in [1.807, 2.05) is 0 Å². The molecule has 2 saturated heterocycles. The molecular formula is C15H31Cl2N3O. The molecule has 0 aromatic heterocycles. The van der Waals surface area contributed by atoms with E-state index in [2.05, 4.69) is 22.5 Å². The molecule has 0 aromatic carbocycles. The van der Waals surface area contributed by atoms with Crippen molar-refractivity contribution in [2.75, 3.05) is 32.7 Å². The average molecular weight is 340 g/mol. The summed E-state index contributed by atoms with van der Waals surface area (Å²) in [6.07, 6.45) is 7.30. The molecule has 4 nitrogen and oxygen atoms in total. The Morgan fingerprint density at radius 3 is 2.71 bits per heavy atom. The molecule has 2 rings (SSSR count). The summed E-state index contributed by atoms with van der Waals surface area (Å²) in [6, 6.07) is 0.729. The van der Waals surface area contributed by atoms with Crippen LogP contribution in [-0.2, 0) is 4.79 Å². The van der Waals surface area contributed by atoms with Crippen LogP contribution in [0.5, 0.6) is 0 Å². The highest BCUT2D eigenvalue weighted by molar-refractivity contribution is 5.85. The molecule has 0 aliphatic carbocycles. The van der Waals surface area contributed by atoms with Crippen LogP contribution < -0.4 is 10.6 Å². The largest absolute Gasteiger partial charge is 0.356 e. The van der Waals surface area contributed by atoms with Crippen molar-refractivity contribution in [3.05, 3.63) is 0 Å². The van der Waals surface area contributed by atoms with Gasteiger partial charge in [0.2, 0.25) is 5.91 Å². The fourth-order valence-corrected chi connectivity index (χ4v) is 3.20. The van der Waals surface area contributed by atoms with Crippen molar-refractivity contribution in [1.82, 2.24) is 15.5 Å². The Kier molecular flexibility index (Phi) is 11.5. The molecule has 0 aromatic rings. The van der Waals surface area contributed by atoms with Gasteiger partial charge in [0.15, 0.2) is 0 Å². The highest BCUT2D eigenvalue weighted by Crippen LogP contribution is 2.16. The lowest BCUT2D eigenvalue weighted by atomic mass is 9.99. The second kappa shape index (κ2) is 11.5. The molecule has 2 aliphatic rings. The molecular weight excluding hydrogens is 309 g/mol. The summed E-state index contributed by atoms with van der Waals surface area (Å²) in [6.45, 7) is 7.45. The van der Waals surface area contributed by atoms with Crippen molar-refractivity contribution in [3.63, 3.8) is 0 Å². The van der Waals surface area contributed by atoms with Gasteiger partial charge in [0.1, 0.15) is 0 Å². The van der Waals surface area contributed by atoms with Crippen LogP contribution in [-0.4, -0.2) is 49.6 Å². The van der Waals surface area contributed by atoms with E-state index in [0.717, 1.165) is 51.5 Å². The summed E-state index contributed by atoms with van der Waals surface area (Å²) in [7, 11) is 0. The zero-order valence-corrected chi connectivity index (χ0v) is 14.7. The van der Waals surface area contributed by atoms with Crippen LogP contribution in [0.15, 0.2) is 0 Å². The molecule has 1 amide bonds. The van der Waals surface area contributed by atoms with Crippen molar-refractivity contribution >= 4 is 30.7 Å². The summed E-state index contributed by atoms with van der Waals surface area (Å²) in [5.74, 6) is 0.446. The average Bonchev–Trinajstić information content (AvgIpc) is 2.46. The summed E-state index contributed by atoms with van der Waals surface area (Å²) in [5.41, 5.74) is 0. The number of hydrogen-bond donors (Lipinski definition) is 2. The Hall–Kier alpha value is -0.0300. The van der Waals surface area contributed by atoms with E-state index in [-0.39, 0.29) is 36.6 Å². The Labute approximate surface area is 141 Å². The van der Waals surface area contributed by atoms with E-state index >= 15 is 0 Å². The first-order chi connectivity index (χ1) is 9.27. The molecule has 2 aliphatic heterocycles. The molecule has 0 bridgehead atoms. The van der Waals surface area contributed by atoms with E-state index < -0.39 is 0 Å². The second-order valence-corrected chi connectivity index (χ2v) is 6.07. The molecule has 2 N–H and O–H groups in total. The van der Waals surface area contributed by atoms with Gasteiger partial charge in [0.05, 0.1) is 5.92 Å². The van der Waals surface area contributed by atoms with Gasteiger partial charge in [-0.2, -0.15) is 0 Å². The van der Waals surface area contributed by atoms with Crippen LogP contribution in [0.25, 0.3) is 0 Å². The third-order valence-electron chi connectivity index (χ3n) is 4.53. The molecule has 2 fully saturated rings. The number of amides is 1. The van der Waals surface area contributed by atoms with Crippen LogP contribution in [0.2, 0.25) is 0 Å². The SMILES string of the molecule is CC1CCCCN1CCCNC(=O)C1CCCNC1.Cl.Cl. The molecule has 2 heterocycles. The number of likely N-dealkylation sites (tertiary alicyclic amines) is 1. The number of piperidine rings is 2. The maximum absolute atomic E-state index is 11.9. The molecule has 2 atom stereocenters. The van der Waals surface area contributed by atoms with Crippen LogP contribution >= 0.6 is 24.8 Å². The second-order valence-electron chi connectivity index (χ2n) is 6.07. The zero-order valence-electron chi connectivity index (χ0n) is 13.1. The Morgan fingerprint density at radius 1 is 1.24 bits per heavy atom. The van der Waals surface area contributed by atoms with Gasteiger partial charge in [-0.25, -0.2) is 0 Å². The minimum atomic E-state index is 0. The normalized spacial score (nSPS) is 26.3. The predicted molar refractivity (Wildman–Crippen MR) is 92.6 cm³/mol. The van der Waals surface area contributed by atoms with Gasteiger partial charge in [-0.05, 0) is 52.1 Å². The van der Waals surface area contributed by atoms with E-state index in [9.17, 15) is 4.79 Å². The molecule has 0 spiro atoms. The lowest BCUT2D eigenvalue weighted by Gasteiger charge is -2.33. The summed E-state index contributed by atoms with van der Waals surface area (Å²) >= 11 is 0. The van der Waals surface area contributed by atoms with Crippen molar-refractivity contribution in [2.24, 2.45) is 5.92 Å². The van der Waals surface area contributed by atoms with Gasteiger partial charge >= 0.3 is 0 Å². The van der Waals surface area contributed by atoms with Crippen molar-refractivity contribution in [3.8, 4) is 0 Å². The standard InChI is InChI=1S/C15H29N3O.2ClH/c1-13-6-2-3-10-18(13)11-5-9-17-15(19)14-7-4-8-16-12-14;;/h13-14,16H,2-12H2,1H3,(H,17,19);2*1H. The number of rotatable bonds is 5. The first kappa shape index (κ1) is 21.0. The van der Waals surface area contributed by atoms with Crippen LogP contribution in [0.1, 0.15) is 45.4 Å². The molecule has 0 radical (unpaired) electrons. The number of hydrogen-bond acceptors (Lipinski definition) is 3. The minimum Gasteiger partial charge on any atom is -0.356 e. The smallest absolute Gasteiger partial charge is 0.224 e. The highest BCUT2D eigenvalue weighted by Gasteiger charge is 2.21. The molecule has 6 heteroatoms. The van der Waals surface area contributed by atoms with Gasteiger partial charge < -0.3 is 15.5 Å². The van der Waals surface area contributed by atoms with E-state index in [1.54, 1.807) is 0 Å². The quantitative estimate of drug-likeness (QED) is 0.755. The molecule has 2 unspecified atom stereocenters. The summed E-state index contributed by atoms with van der Waals surface area (Å²) in [5, 5.41) is 6.40. The molecule has 126 valence electrons. The lowest BCUT2D eigenvalue weighted by molar-refractivity contribution is -0.125. The Bertz CT molecular complexity index is 286. The predicted octanol–water partition coefficient (Wildman–Crippen LogP) is 2.21. The summed E-state index contributed by atoms with van der Waals surface area (Å²) < 4.78 is 0. The maximum atomic E-state index is 11.9. The zero-order chi connectivity index (χ0) is 13.5. The van der Waals surface area contributed by atoms with Crippen LogP contribution in [0.3, 0.4) is 0 Å². The van der Waals surface area contributed by atoms with Gasteiger partial charge in [-0.15, -0.1) is 24.8 Å². The monoisotopic (exact) mass is 339 g/mol. The third kappa shape index (κ3) is 7.18. The summed E-state index contributed by atoms with van der Waals surface area (Å²) in [4.78, 5) is 14.5. The molecule has 0 saturated carbocycles. The van der Waals surface area contributed by atoms with Crippen LogP contribution in [0, 0.1) is 5.92 Å². The number of carbonyl (C=O) groups is 1. The van der Waals surface area contributed by atoms with Crippen molar-refractivity contribution < 1.29 is 4.79 Å². The number of nitrogens with one attached hydrogen (secondary N) is 2. The fraction of sp³-hybridized carbons (Fsp3) is 0.933. The fourth-order valence-electron chi connectivity index (χ4n) is 3.20. The van der Waals surface area contributed by atoms with Gasteiger partial charge in [-0.3, -0.25) is 4.79 Å². The molecule has 21 heavy (non-hydrogen) atoms. The van der Waals surface area contributed by atoms with Crippen molar-refractivity contribution in [2.45, 2.75) is 51.5 Å². The minimum absolute atomic E-state index is 0. The van der Waals surface area contributed by atoms with E-state index in [4.69, 9.17) is 0 Å². The maximum Gasteiger partial charge on any atom is 0.224 e. The Balaban J connectivity index is 0.00000200. The Morgan fingerprint density at radius 2 is 2.05 bits per heavy atom. The van der Waals surface area contributed by atoms with E-state index in [0.29, 0.717) is 0 Å². The van der Waals surface area contributed by atoms with Crippen LogP contribution in [0.4, 0.5) is 0 Å². The first-order valence-corrected chi connectivity index (χ1v) is 8.00. The topological polar surface area (TPSA) is 44.4 Å². The third-order valence-corrected chi connectivity index (χ3v) is 4.53. The number of carbonyl (C=O) groups excluding carboxylic acids is 1. The van der Waals surface area contributed by atoms with Gasteiger partial charge in [0.25, 0.3) is 0 Å². The number of halogens is 2. The van der Waals surface area contributed by atoms with E-state index in [1.165, 1.54) is 25.8 Å². The van der Waals surface area contributed by atoms with Crippen molar-refractivity contribution in [1.29, 1.82) is 0 Å². The lowest BCUT2D eigenvalue weighted by Crippen LogP contribution is -2.42.